The molecule has 19 heavy (non-hydrogen) atoms. The second-order valence-corrected chi connectivity index (χ2v) is 4.00. The number of anilines is 2. The minimum Gasteiger partial charge on any atom is -0.493 e. The lowest BCUT2D eigenvalue weighted by Crippen LogP contribution is -2.03. The van der Waals surface area contributed by atoms with Crippen molar-refractivity contribution in [2.45, 2.75) is 6.54 Å². The van der Waals surface area contributed by atoms with E-state index in [-0.39, 0.29) is 0 Å². The summed E-state index contributed by atoms with van der Waals surface area (Å²) in [6.45, 7) is 0.669. The maximum Gasteiger partial charge on any atom is 0.162 e. The lowest BCUT2D eigenvalue weighted by molar-refractivity contribution is 0.355. The van der Waals surface area contributed by atoms with Crippen LogP contribution >= 0.6 is 0 Å². The molecular weight excluding hydrogens is 242 g/mol. The Kier molecular flexibility index (Phi) is 4.07. The lowest BCUT2D eigenvalue weighted by Gasteiger charge is -2.14. The standard InChI is InChI=1S/C14H17N3O2/c1-18-13-7-11(15)12(8-14(13)19-2)17-9-10-3-5-16-6-4-10/h3-8,17H,9,15H2,1-2H3. The smallest absolute Gasteiger partial charge is 0.162 e. The van der Waals surface area contributed by atoms with E-state index >= 15 is 0 Å². The van der Waals surface area contributed by atoms with Crippen LogP contribution in [0.15, 0.2) is 36.7 Å². The normalized spacial score (nSPS) is 10.0. The van der Waals surface area contributed by atoms with Crippen molar-refractivity contribution in [3.8, 4) is 11.5 Å². The Morgan fingerprint density at radius 1 is 1.11 bits per heavy atom. The average Bonchev–Trinajstić information content (AvgIpc) is 2.46. The summed E-state index contributed by atoms with van der Waals surface area (Å²) in [6, 6.07) is 7.47. The second kappa shape index (κ2) is 5.95. The molecule has 1 heterocycles. The molecule has 0 radical (unpaired) electrons. The second-order valence-electron chi connectivity index (χ2n) is 4.00. The topological polar surface area (TPSA) is 69.4 Å². The van der Waals surface area contributed by atoms with Crippen molar-refractivity contribution in [3.63, 3.8) is 0 Å². The molecular formula is C14H17N3O2. The molecule has 100 valence electrons. The van der Waals surface area contributed by atoms with Gasteiger partial charge in [0.25, 0.3) is 0 Å². The Hall–Kier alpha value is -2.43. The number of aromatic nitrogens is 1. The fraction of sp³-hybridized carbons (Fsp3) is 0.214. The van der Waals surface area contributed by atoms with Crippen molar-refractivity contribution in [2.75, 3.05) is 25.3 Å². The maximum absolute atomic E-state index is 5.97. The predicted molar refractivity (Wildman–Crippen MR) is 75.5 cm³/mol. The van der Waals surface area contributed by atoms with Crippen LogP contribution in [0.25, 0.3) is 0 Å². The van der Waals surface area contributed by atoms with Crippen LogP contribution in [-0.2, 0) is 6.54 Å². The summed E-state index contributed by atoms with van der Waals surface area (Å²) in [5.74, 6) is 1.27. The molecule has 0 aliphatic heterocycles. The molecule has 0 aliphatic rings. The summed E-state index contributed by atoms with van der Waals surface area (Å²) < 4.78 is 10.4. The first-order chi connectivity index (χ1) is 9.24. The van der Waals surface area contributed by atoms with Crippen molar-refractivity contribution in [3.05, 3.63) is 42.2 Å². The number of rotatable bonds is 5. The molecule has 0 unspecified atom stereocenters. The molecule has 1 aromatic carbocycles. The Bertz CT molecular complexity index is 544. The number of nitrogens with two attached hydrogens (primary N) is 1. The first kappa shape index (κ1) is 13.0. The van der Waals surface area contributed by atoms with Crippen molar-refractivity contribution in [1.82, 2.24) is 4.98 Å². The summed E-state index contributed by atoms with van der Waals surface area (Å²) in [5, 5.41) is 3.27. The highest BCUT2D eigenvalue weighted by Crippen LogP contribution is 2.34. The van der Waals surface area contributed by atoms with E-state index in [9.17, 15) is 0 Å². The third-order valence-corrected chi connectivity index (χ3v) is 2.79. The average molecular weight is 259 g/mol. The van der Waals surface area contributed by atoms with E-state index in [4.69, 9.17) is 15.2 Å². The van der Waals surface area contributed by atoms with E-state index in [1.807, 2.05) is 18.2 Å². The molecule has 0 bridgehead atoms. The highest BCUT2D eigenvalue weighted by molar-refractivity contribution is 5.72. The molecule has 2 rings (SSSR count). The quantitative estimate of drug-likeness (QED) is 0.806. The van der Waals surface area contributed by atoms with Crippen LogP contribution in [0.5, 0.6) is 11.5 Å². The van der Waals surface area contributed by atoms with E-state index < -0.39 is 0 Å². The van der Waals surface area contributed by atoms with Crippen LogP contribution in [0.2, 0.25) is 0 Å². The number of nitrogen functional groups attached to an aromatic ring is 1. The monoisotopic (exact) mass is 259 g/mol. The molecule has 0 spiro atoms. The lowest BCUT2D eigenvalue weighted by atomic mass is 10.2. The highest BCUT2D eigenvalue weighted by Gasteiger charge is 2.08. The van der Waals surface area contributed by atoms with Crippen LogP contribution in [0.1, 0.15) is 5.56 Å². The van der Waals surface area contributed by atoms with Gasteiger partial charge in [0, 0.05) is 31.1 Å². The first-order valence-electron chi connectivity index (χ1n) is 5.89. The molecule has 0 atom stereocenters. The van der Waals surface area contributed by atoms with Gasteiger partial charge in [0.1, 0.15) is 0 Å². The van der Waals surface area contributed by atoms with Gasteiger partial charge in [-0.25, -0.2) is 0 Å². The number of ether oxygens (including phenoxy) is 2. The van der Waals surface area contributed by atoms with Gasteiger partial charge < -0.3 is 20.5 Å². The third kappa shape index (κ3) is 3.07. The molecule has 2 aromatic rings. The number of methoxy groups -OCH3 is 2. The van der Waals surface area contributed by atoms with Crippen molar-refractivity contribution in [2.24, 2.45) is 0 Å². The van der Waals surface area contributed by atoms with Gasteiger partial charge in [0.2, 0.25) is 0 Å². The van der Waals surface area contributed by atoms with E-state index in [1.165, 1.54) is 0 Å². The van der Waals surface area contributed by atoms with Gasteiger partial charge >= 0.3 is 0 Å². The van der Waals surface area contributed by atoms with E-state index in [0.29, 0.717) is 23.7 Å². The number of pyridine rings is 1. The van der Waals surface area contributed by atoms with Gasteiger partial charge in [-0.05, 0) is 17.7 Å². The fourth-order valence-corrected chi connectivity index (χ4v) is 1.75. The Balaban J connectivity index is 2.16. The van der Waals surface area contributed by atoms with E-state index in [0.717, 1.165) is 11.3 Å². The number of hydrogen-bond donors (Lipinski definition) is 2. The van der Waals surface area contributed by atoms with E-state index in [1.54, 1.807) is 32.7 Å². The van der Waals surface area contributed by atoms with Crippen molar-refractivity contribution in [1.29, 1.82) is 0 Å². The first-order valence-corrected chi connectivity index (χ1v) is 5.89. The minimum atomic E-state index is 0.617. The van der Waals surface area contributed by atoms with Crippen LogP contribution in [0, 0.1) is 0 Å². The molecule has 1 aromatic heterocycles. The van der Waals surface area contributed by atoms with Gasteiger partial charge in [-0.15, -0.1) is 0 Å². The van der Waals surface area contributed by atoms with Crippen molar-refractivity contribution >= 4 is 11.4 Å². The number of nitrogens with one attached hydrogen (secondary N) is 1. The zero-order chi connectivity index (χ0) is 13.7. The maximum atomic E-state index is 5.97. The van der Waals surface area contributed by atoms with Gasteiger partial charge in [-0.2, -0.15) is 0 Å². The molecule has 0 amide bonds. The summed E-state index contributed by atoms with van der Waals surface area (Å²) in [6.07, 6.45) is 3.52. The molecule has 5 heteroatoms. The summed E-state index contributed by atoms with van der Waals surface area (Å²) in [7, 11) is 3.18. The Morgan fingerprint density at radius 3 is 2.37 bits per heavy atom. The molecule has 0 saturated heterocycles. The van der Waals surface area contributed by atoms with Crippen LogP contribution in [0.4, 0.5) is 11.4 Å². The fourth-order valence-electron chi connectivity index (χ4n) is 1.75. The SMILES string of the molecule is COc1cc(N)c(NCc2ccncc2)cc1OC. The van der Waals surface area contributed by atoms with Crippen LogP contribution in [-0.4, -0.2) is 19.2 Å². The molecule has 5 nitrogen and oxygen atoms in total. The minimum absolute atomic E-state index is 0.617. The number of benzene rings is 1. The van der Waals surface area contributed by atoms with Gasteiger partial charge in [-0.1, -0.05) is 0 Å². The molecule has 0 saturated carbocycles. The summed E-state index contributed by atoms with van der Waals surface area (Å²) >= 11 is 0. The van der Waals surface area contributed by atoms with E-state index in [2.05, 4.69) is 10.3 Å². The van der Waals surface area contributed by atoms with Crippen LogP contribution < -0.4 is 20.5 Å². The summed E-state index contributed by atoms with van der Waals surface area (Å²) in [5.41, 5.74) is 8.53. The van der Waals surface area contributed by atoms with Crippen molar-refractivity contribution < 1.29 is 9.47 Å². The number of hydrogen-bond acceptors (Lipinski definition) is 5. The van der Waals surface area contributed by atoms with Gasteiger partial charge in [-0.3, -0.25) is 4.98 Å². The largest absolute Gasteiger partial charge is 0.493 e. The highest BCUT2D eigenvalue weighted by atomic mass is 16.5. The molecule has 0 aliphatic carbocycles. The molecule has 0 fully saturated rings. The summed E-state index contributed by atoms with van der Waals surface area (Å²) in [4.78, 5) is 3.98. The number of nitrogens with zero attached hydrogens (tertiary/aromatic N) is 1. The Morgan fingerprint density at radius 2 is 1.74 bits per heavy atom. The predicted octanol–water partition coefficient (Wildman–Crippen LogP) is 2.29. The zero-order valence-corrected chi connectivity index (χ0v) is 11.0. The van der Waals surface area contributed by atoms with Gasteiger partial charge in [0.05, 0.1) is 25.6 Å². The third-order valence-electron chi connectivity index (χ3n) is 2.79. The Labute approximate surface area is 112 Å². The zero-order valence-electron chi connectivity index (χ0n) is 11.0. The molecule has 3 N–H and O–H groups in total. The van der Waals surface area contributed by atoms with Gasteiger partial charge in [0.15, 0.2) is 11.5 Å². The van der Waals surface area contributed by atoms with Crippen LogP contribution in [0.3, 0.4) is 0 Å².